The van der Waals surface area contributed by atoms with Crippen LogP contribution in [-0.4, -0.2) is 17.4 Å². The van der Waals surface area contributed by atoms with E-state index in [9.17, 15) is 0 Å². The van der Waals surface area contributed by atoms with Crippen LogP contribution in [0.25, 0.3) is 0 Å². The number of hydrogen-bond acceptors (Lipinski definition) is 3. The Bertz CT molecular complexity index is 1780. The first-order valence-corrected chi connectivity index (χ1v) is 18.6. The van der Waals surface area contributed by atoms with E-state index in [0.717, 1.165) is 78.4 Å². The van der Waals surface area contributed by atoms with Crippen LogP contribution in [0.1, 0.15) is 123 Å². The van der Waals surface area contributed by atoms with Crippen molar-refractivity contribution in [2.45, 2.75) is 130 Å². The van der Waals surface area contributed by atoms with E-state index >= 15 is 0 Å². The summed E-state index contributed by atoms with van der Waals surface area (Å²) in [5.41, 5.74) is 7.47. The zero-order valence-electron chi connectivity index (χ0n) is 32.6. The number of rotatable bonds is 10. The zero-order chi connectivity index (χ0) is 36.3. The molecule has 1 aromatic heterocycles. The highest BCUT2D eigenvalue weighted by atomic mass is 16.5. The number of aliphatic imine (C=N–C) groups is 1. The van der Waals surface area contributed by atoms with Crippen molar-refractivity contribution in [1.82, 2.24) is 4.57 Å². The minimum absolute atomic E-state index is 0.189. The number of hydrogen-bond donors (Lipinski definition) is 0. The molecule has 2 atom stereocenters. The Labute approximate surface area is 302 Å². The molecule has 4 nitrogen and oxygen atoms in total. The molecule has 5 rings (SSSR count). The number of benzene rings is 3. The second kappa shape index (κ2) is 14.7. The van der Waals surface area contributed by atoms with Crippen molar-refractivity contribution in [1.29, 1.82) is 0 Å². The maximum absolute atomic E-state index is 7.46. The number of aromatic nitrogens is 1. The lowest BCUT2D eigenvalue weighted by Gasteiger charge is -2.47. The van der Waals surface area contributed by atoms with E-state index in [1.165, 1.54) is 16.7 Å². The van der Waals surface area contributed by atoms with E-state index in [1.807, 2.05) is 0 Å². The predicted molar refractivity (Wildman–Crippen MR) is 212 cm³/mol. The van der Waals surface area contributed by atoms with Crippen molar-refractivity contribution in [3.05, 3.63) is 125 Å². The molecule has 1 aliphatic heterocycles. The van der Waals surface area contributed by atoms with Gasteiger partial charge in [0.05, 0.1) is 18.5 Å². The van der Waals surface area contributed by atoms with E-state index in [2.05, 4.69) is 165 Å². The molecule has 0 aliphatic carbocycles. The highest BCUT2D eigenvalue weighted by Gasteiger charge is 2.47. The standard InChI is InChI=1S/C46H60N2O2/c1-12-20-33-21-19-24-36-41(33)47-39(26-30-48-28-17-18-29-48)40(25-27-46(10,45(36,9)13-2)34-22-15-14-16-23-34)50-42-37(43(3,4)5)31-35(49-11)32-38(42)44(6,7)8/h14-19,21-25,28-29,31-32H,12-13,20,26-27,30H2,1-11H3/b40-25-,47-39?. The van der Waals surface area contributed by atoms with Crippen LogP contribution in [0.5, 0.6) is 11.5 Å². The molecule has 0 N–H and O–H groups in total. The summed E-state index contributed by atoms with van der Waals surface area (Å²) in [7, 11) is 1.75. The molecular weight excluding hydrogens is 613 g/mol. The van der Waals surface area contributed by atoms with Crippen LogP contribution in [0.2, 0.25) is 0 Å². The first-order chi connectivity index (χ1) is 23.7. The number of nitrogens with zero attached hydrogens (tertiary/aromatic N) is 2. The molecule has 2 unspecified atom stereocenters. The molecule has 0 bridgehead atoms. The Morgan fingerprint density at radius 2 is 1.44 bits per heavy atom. The predicted octanol–water partition coefficient (Wildman–Crippen LogP) is 12.2. The molecule has 2 heterocycles. The van der Waals surface area contributed by atoms with Crippen LogP contribution >= 0.6 is 0 Å². The van der Waals surface area contributed by atoms with Gasteiger partial charge in [0, 0.05) is 47.3 Å². The SMILES string of the molecule is CCCc1cccc2c1N=C(CCn1cccc1)/C(Oc1c(C(C)(C)C)cc(OC)cc1C(C)(C)C)=C/CC(C)(c1ccccc1)C2(C)CC. The first-order valence-electron chi connectivity index (χ1n) is 18.6. The van der Waals surface area contributed by atoms with Crippen LogP contribution in [0.15, 0.2) is 102 Å². The van der Waals surface area contributed by atoms with Gasteiger partial charge in [-0.05, 0) is 77.1 Å². The van der Waals surface area contributed by atoms with E-state index < -0.39 is 0 Å². The van der Waals surface area contributed by atoms with Crippen molar-refractivity contribution in [2.75, 3.05) is 7.11 Å². The quantitative estimate of drug-likeness (QED) is 0.168. The highest BCUT2D eigenvalue weighted by molar-refractivity contribution is 6.01. The molecular formula is C46H60N2O2. The Hall–Kier alpha value is -4.05. The maximum Gasteiger partial charge on any atom is 0.145 e. The molecule has 0 spiro atoms. The van der Waals surface area contributed by atoms with E-state index in [4.69, 9.17) is 14.5 Å². The van der Waals surface area contributed by atoms with Crippen molar-refractivity contribution in [3.63, 3.8) is 0 Å². The molecule has 266 valence electrons. The number of fused-ring (bicyclic) bond motifs is 1. The lowest BCUT2D eigenvalue weighted by atomic mass is 9.56. The molecule has 0 saturated heterocycles. The van der Waals surface area contributed by atoms with Gasteiger partial charge in [-0.15, -0.1) is 0 Å². The van der Waals surface area contributed by atoms with Gasteiger partial charge in [-0.2, -0.15) is 0 Å². The fraction of sp³-hybridized carbons (Fsp3) is 0.457. The van der Waals surface area contributed by atoms with Gasteiger partial charge < -0.3 is 14.0 Å². The fourth-order valence-corrected chi connectivity index (χ4v) is 7.68. The molecule has 4 aromatic rings. The molecule has 4 heteroatoms. The molecule has 0 saturated carbocycles. The molecule has 1 aliphatic rings. The Balaban J connectivity index is 1.86. The van der Waals surface area contributed by atoms with Crippen LogP contribution in [0.4, 0.5) is 5.69 Å². The van der Waals surface area contributed by atoms with E-state index in [-0.39, 0.29) is 21.7 Å². The minimum atomic E-state index is -0.248. The molecule has 3 aromatic carbocycles. The summed E-state index contributed by atoms with van der Waals surface area (Å²) < 4.78 is 15.6. The fourth-order valence-electron chi connectivity index (χ4n) is 7.68. The number of para-hydroxylation sites is 1. The Kier molecular flexibility index (Phi) is 10.9. The van der Waals surface area contributed by atoms with Crippen LogP contribution in [0.3, 0.4) is 0 Å². The third-order valence-electron chi connectivity index (χ3n) is 11.2. The second-order valence-electron chi connectivity index (χ2n) is 16.6. The summed E-state index contributed by atoms with van der Waals surface area (Å²) in [6, 6.07) is 26.5. The summed E-state index contributed by atoms with van der Waals surface area (Å²) >= 11 is 0. The third kappa shape index (κ3) is 7.36. The third-order valence-corrected chi connectivity index (χ3v) is 11.2. The van der Waals surface area contributed by atoms with Gasteiger partial charge >= 0.3 is 0 Å². The van der Waals surface area contributed by atoms with Gasteiger partial charge in [0.2, 0.25) is 0 Å². The lowest BCUT2D eigenvalue weighted by Crippen LogP contribution is -2.44. The molecule has 50 heavy (non-hydrogen) atoms. The Morgan fingerprint density at radius 1 is 0.800 bits per heavy atom. The van der Waals surface area contributed by atoms with Crippen molar-refractivity contribution >= 4 is 11.4 Å². The lowest BCUT2D eigenvalue weighted by molar-refractivity contribution is 0.244. The largest absolute Gasteiger partial charge is 0.497 e. The monoisotopic (exact) mass is 672 g/mol. The van der Waals surface area contributed by atoms with Crippen LogP contribution < -0.4 is 9.47 Å². The highest BCUT2D eigenvalue weighted by Crippen LogP contribution is 2.53. The van der Waals surface area contributed by atoms with Crippen molar-refractivity contribution in [2.24, 2.45) is 4.99 Å². The van der Waals surface area contributed by atoms with Gasteiger partial charge in [-0.25, -0.2) is 4.99 Å². The van der Waals surface area contributed by atoms with Gasteiger partial charge in [0.15, 0.2) is 0 Å². The number of aryl methyl sites for hydroxylation is 2. The topological polar surface area (TPSA) is 35.8 Å². The number of methoxy groups -OCH3 is 1. The van der Waals surface area contributed by atoms with Crippen molar-refractivity contribution < 1.29 is 9.47 Å². The smallest absolute Gasteiger partial charge is 0.145 e. The van der Waals surface area contributed by atoms with Crippen molar-refractivity contribution in [3.8, 4) is 11.5 Å². The minimum Gasteiger partial charge on any atom is -0.497 e. The average Bonchev–Trinajstić information content (AvgIpc) is 3.62. The summed E-state index contributed by atoms with van der Waals surface area (Å²) in [5, 5.41) is 0. The van der Waals surface area contributed by atoms with Gasteiger partial charge in [0.25, 0.3) is 0 Å². The summed E-state index contributed by atoms with van der Waals surface area (Å²) in [6.07, 6.45) is 11.2. The van der Waals surface area contributed by atoms with E-state index in [0.29, 0.717) is 0 Å². The number of allylic oxidation sites excluding steroid dienone is 2. The Morgan fingerprint density at radius 3 is 2.00 bits per heavy atom. The van der Waals surface area contributed by atoms with Crippen LogP contribution in [-0.2, 0) is 34.6 Å². The summed E-state index contributed by atoms with van der Waals surface area (Å²) in [4.78, 5) is 5.76. The first kappa shape index (κ1) is 37.2. The average molecular weight is 673 g/mol. The van der Waals surface area contributed by atoms with E-state index in [1.54, 1.807) is 7.11 Å². The van der Waals surface area contributed by atoms with Crippen LogP contribution in [0, 0.1) is 0 Å². The normalized spacial score (nSPS) is 20.9. The maximum atomic E-state index is 7.46. The second-order valence-corrected chi connectivity index (χ2v) is 16.6. The number of ether oxygens (including phenoxy) is 2. The summed E-state index contributed by atoms with van der Waals surface area (Å²) in [6.45, 7) is 23.9. The van der Waals surface area contributed by atoms with Gasteiger partial charge in [0.1, 0.15) is 17.3 Å². The zero-order valence-corrected chi connectivity index (χ0v) is 32.6. The molecule has 0 amide bonds. The van der Waals surface area contributed by atoms with Gasteiger partial charge in [-0.1, -0.05) is 124 Å². The molecule has 0 radical (unpaired) electrons. The summed E-state index contributed by atoms with van der Waals surface area (Å²) in [5.74, 6) is 2.61. The molecule has 0 fully saturated rings. The van der Waals surface area contributed by atoms with Gasteiger partial charge in [-0.3, -0.25) is 0 Å².